The van der Waals surface area contributed by atoms with Gasteiger partial charge >= 0.3 is 0 Å². The molecular weight excluding hydrogens is 295 g/mol. The number of carbonyl (C=O) groups is 1. The first kappa shape index (κ1) is 17.2. The van der Waals surface area contributed by atoms with Crippen LogP contribution in [0, 0.1) is 5.82 Å². The number of nitrogens with zero attached hydrogens (tertiary/aromatic N) is 1. The first-order valence-electron chi connectivity index (χ1n) is 7.76. The van der Waals surface area contributed by atoms with E-state index in [1.54, 1.807) is 24.5 Å². The predicted octanol–water partition coefficient (Wildman–Crippen LogP) is 3.01. The Morgan fingerprint density at radius 1 is 1.26 bits per heavy atom. The lowest BCUT2D eigenvalue weighted by Gasteiger charge is -2.15. The van der Waals surface area contributed by atoms with Crippen molar-refractivity contribution < 1.29 is 13.6 Å². The first-order chi connectivity index (χ1) is 11.1. The van der Waals surface area contributed by atoms with Crippen molar-refractivity contribution >= 4 is 5.91 Å². The molecule has 0 saturated carbocycles. The summed E-state index contributed by atoms with van der Waals surface area (Å²) in [5.41, 5.74) is 0.866. The van der Waals surface area contributed by atoms with Gasteiger partial charge in [-0.3, -0.25) is 4.79 Å². The van der Waals surface area contributed by atoms with E-state index in [4.69, 9.17) is 4.42 Å². The maximum Gasteiger partial charge on any atom is 0.221 e. The molecule has 2 aromatic rings. The molecule has 0 aliphatic rings. The minimum Gasteiger partial charge on any atom is -0.469 e. The van der Waals surface area contributed by atoms with E-state index in [9.17, 15) is 9.18 Å². The number of rotatable bonds is 8. The lowest BCUT2D eigenvalue weighted by molar-refractivity contribution is -0.121. The van der Waals surface area contributed by atoms with Gasteiger partial charge in [0, 0.05) is 13.0 Å². The highest BCUT2D eigenvalue weighted by Gasteiger charge is 2.20. The Bertz CT molecular complexity index is 594. The summed E-state index contributed by atoms with van der Waals surface area (Å²) >= 11 is 0. The topological polar surface area (TPSA) is 45.5 Å². The number of halogens is 1. The fourth-order valence-corrected chi connectivity index (χ4v) is 2.45. The highest BCUT2D eigenvalue weighted by molar-refractivity contribution is 5.77. The van der Waals surface area contributed by atoms with Crippen molar-refractivity contribution in [1.29, 1.82) is 0 Å². The van der Waals surface area contributed by atoms with Crippen LogP contribution in [0.1, 0.15) is 30.1 Å². The summed E-state index contributed by atoms with van der Waals surface area (Å²) < 4.78 is 18.6. The van der Waals surface area contributed by atoms with Crippen LogP contribution in [-0.4, -0.2) is 38.0 Å². The number of hydrogen-bond donors (Lipinski definition) is 1. The van der Waals surface area contributed by atoms with E-state index < -0.39 is 0 Å². The van der Waals surface area contributed by atoms with Gasteiger partial charge in [-0.1, -0.05) is 12.1 Å². The summed E-state index contributed by atoms with van der Waals surface area (Å²) in [5.74, 6) is 0.175. The maximum absolute atomic E-state index is 13.1. The fourth-order valence-electron chi connectivity index (χ4n) is 2.45. The molecule has 1 amide bonds. The van der Waals surface area contributed by atoms with Crippen LogP contribution < -0.4 is 5.32 Å². The van der Waals surface area contributed by atoms with Crippen LogP contribution in [0.5, 0.6) is 0 Å². The molecule has 0 fully saturated rings. The van der Waals surface area contributed by atoms with Crippen LogP contribution in [-0.2, 0) is 4.79 Å². The standard InChI is InChI=1S/C18H23FN2O2/c1-21(2)11-4-10-20-18(22)13-16(17-5-3-12-23-17)14-6-8-15(19)9-7-14/h3,5-9,12,16H,4,10-11,13H2,1-2H3,(H,20,22)/t16-/m1/s1. The Balaban J connectivity index is 1.98. The van der Waals surface area contributed by atoms with E-state index >= 15 is 0 Å². The van der Waals surface area contributed by atoms with Crippen LogP contribution in [0.4, 0.5) is 4.39 Å². The van der Waals surface area contributed by atoms with E-state index in [0.717, 1.165) is 18.5 Å². The van der Waals surface area contributed by atoms with Gasteiger partial charge in [-0.2, -0.15) is 0 Å². The van der Waals surface area contributed by atoms with Gasteiger partial charge in [0.25, 0.3) is 0 Å². The molecule has 0 aliphatic carbocycles. The number of nitrogens with one attached hydrogen (secondary N) is 1. The van der Waals surface area contributed by atoms with Gasteiger partial charge in [-0.15, -0.1) is 0 Å². The number of carbonyl (C=O) groups excluding carboxylic acids is 1. The van der Waals surface area contributed by atoms with Gasteiger partial charge in [0.2, 0.25) is 5.91 Å². The molecule has 1 atom stereocenters. The molecule has 5 heteroatoms. The van der Waals surface area contributed by atoms with E-state index in [0.29, 0.717) is 12.3 Å². The van der Waals surface area contributed by atoms with Crippen LogP contribution in [0.25, 0.3) is 0 Å². The Kier molecular flexibility index (Phi) is 6.35. The molecule has 1 aromatic heterocycles. The minimum atomic E-state index is -0.292. The van der Waals surface area contributed by atoms with Crippen molar-refractivity contribution in [3.05, 3.63) is 59.8 Å². The lowest BCUT2D eigenvalue weighted by Crippen LogP contribution is -2.28. The largest absolute Gasteiger partial charge is 0.469 e. The molecule has 0 spiro atoms. The zero-order valence-electron chi connectivity index (χ0n) is 13.6. The average Bonchev–Trinajstić information content (AvgIpc) is 3.04. The Hall–Kier alpha value is -2.14. The summed E-state index contributed by atoms with van der Waals surface area (Å²) in [6.07, 6.45) is 2.77. The number of hydrogen-bond acceptors (Lipinski definition) is 3. The highest BCUT2D eigenvalue weighted by Crippen LogP contribution is 2.28. The van der Waals surface area contributed by atoms with E-state index in [2.05, 4.69) is 10.2 Å². The average molecular weight is 318 g/mol. The van der Waals surface area contributed by atoms with Crippen molar-refractivity contribution in [2.75, 3.05) is 27.2 Å². The van der Waals surface area contributed by atoms with Gasteiger partial charge in [-0.25, -0.2) is 4.39 Å². The fraction of sp³-hybridized carbons (Fsp3) is 0.389. The summed E-state index contributed by atoms with van der Waals surface area (Å²) in [4.78, 5) is 14.3. The van der Waals surface area contributed by atoms with Gasteiger partial charge < -0.3 is 14.6 Å². The molecule has 0 bridgehead atoms. The second-order valence-electron chi connectivity index (χ2n) is 5.83. The molecular formula is C18H23FN2O2. The number of benzene rings is 1. The van der Waals surface area contributed by atoms with Crippen molar-refractivity contribution in [1.82, 2.24) is 10.2 Å². The molecule has 2 rings (SSSR count). The molecule has 1 heterocycles. The van der Waals surface area contributed by atoms with Gasteiger partial charge in [0.05, 0.1) is 12.2 Å². The summed E-state index contributed by atoms with van der Waals surface area (Å²) in [6.45, 7) is 1.57. The second-order valence-corrected chi connectivity index (χ2v) is 5.83. The van der Waals surface area contributed by atoms with E-state index in [1.165, 1.54) is 12.1 Å². The highest BCUT2D eigenvalue weighted by atomic mass is 19.1. The molecule has 0 radical (unpaired) electrons. The van der Waals surface area contributed by atoms with Crippen LogP contribution >= 0.6 is 0 Å². The first-order valence-corrected chi connectivity index (χ1v) is 7.76. The molecule has 0 aliphatic heterocycles. The third-order valence-electron chi connectivity index (χ3n) is 3.65. The smallest absolute Gasteiger partial charge is 0.221 e. The summed E-state index contributed by atoms with van der Waals surface area (Å²) in [7, 11) is 4.01. The molecule has 0 unspecified atom stereocenters. The Labute approximate surface area is 136 Å². The molecule has 124 valence electrons. The lowest BCUT2D eigenvalue weighted by atomic mass is 9.93. The quantitative estimate of drug-likeness (QED) is 0.761. The molecule has 1 aromatic carbocycles. The number of furan rings is 1. The van der Waals surface area contributed by atoms with Gasteiger partial charge in [0.15, 0.2) is 0 Å². The second kappa shape index (κ2) is 8.48. The normalized spacial score (nSPS) is 12.3. The zero-order chi connectivity index (χ0) is 16.7. The third-order valence-corrected chi connectivity index (χ3v) is 3.65. The van der Waals surface area contributed by atoms with E-state index in [-0.39, 0.29) is 24.1 Å². The predicted molar refractivity (Wildman–Crippen MR) is 87.7 cm³/mol. The van der Waals surface area contributed by atoms with Crippen molar-refractivity contribution in [3.8, 4) is 0 Å². The van der Waals surface area contributed by atoms with Crippen LogP contribution in [0.2, 0.25) is 0 Å². The van der Waals surface area contributed by atoms with E-state index in [1.807, 2.05) is 20.2 Å². The maximum atomic E-state index is 13.1. The van der Waals surface area contributed by atoms with Crippen molar-refractivity contribution in [3.63, 3.8) is 0 Å². The summed E-state index contributed by atoms with van der Waals surface area (Å²) in [5, 5.41) is 2.93. The molecule has 1 N–H and O–H groups in total. The van der Waals surface area contributed by atoms with Crippen molar-refractivity contribution in [2.45, 2.75) is 18.8 Å². The summed E-state index contributed by atoms with van der Waals surface area (Å²) in [6, 6.07) is 9.83. The Morgan fingerprint density at radius 2 is 2.00 bits per heavy atom. The Morgan fingerprint density at radius 3 is 2.61 bits per heavy atom. The van der Waals surface area contributed by atoms with Gasteiger partial charge in [-0.05, 0) is 56.9 Å². The zero-order valence-corrected chi connectivity index (χ0v) is 13.6. The van der Waals surface area contributed by atoms with Crippen molar-refractivity contribution in [2.24, 2.45) is 0 Å². The molecule has 23 heavy (non-hydrogen) atoms. The van der Waals surface area contributed by atoms with Crippen LogP contribution in [0.3, 0.4) is 0 Å². The monoisotopic (exact) mass is 318 g/mol. The van der Waals surface area contributed by atoms with Crippen LogP contribution in [0.15, 0.2) is 47.1 Å². The molecule has 0 saturated heterocycles. The SMILES string of the molecule is CN(C)CCCNC(=O)C[C@H](c1ccc(F)cc1)c1ccco1. The minimum absolute atomic E-state index is 0.0329. The van der Waals surface area contributed by atoms with Gasteiger partial charge in [0.1, 0.15) is 11.6 Å². The molecule has 4 nitrogen and oxygen atoms in total. The third kappa shape index (κ3) is 5.53. The number of amides is 1.